The fourth-order valence-corrected chi connectivity index (χ4v) is 3.44. The largest absolute Gasteiger partial charge is 0.486 e. The molecule has 0 spiro atoms. The van der Waals surface area contributed by atoms with Crippen LogP contribution in [0.3, 0.4) is 0 Å². The Morgan fingerprint density at radius 2 is 1.83 bits per heavy atom. The zero-order valence-electron chi connectivity index (χ0n) is 17.0. The maximum absolute atomic E-state index is 12.7. The smallest absolute Gasteiger partial charge is 0.255 e. The summed E-state index contributed by atoms with van der Waals surface area (Å²) >= 11 is 0. The van der Waals surface area contributed by atoms with Gasteiger partial charge in [0, 0.05) is 18.9 Å². The van der Waals surface area contributed by atoms with Crippen molar-refractivity contribution in [2.24, 2.45) is 0 Å². The lowest BCUT2D eigenvalue weighted by Gasteiger charge is -2.11. The van der Waals surface area contributed by atoms with Gasteiger partial charge >= 0.3 is 0 Å². The maximum Gasteiger partial charge on any atom is 0.255 e. The molecule has 0 atom stereocenters. The summed E-state index contributed by atoms with van der Waals surface area (Å²) in [5, 5.41) is 3.00. The topological polar surface area (TPSA) is 55.6 Å². The van der Waals surface area contributed by atoms with Crippen molar-refractivity contribution in [2.75, 3.05) is 6.54 Å². The molecule has 0 radical (unpaired) electrons. The number of hydrogen-bond donors (Lipinski definition) is 1. The summed E-state index contributed by atoms with van der Waals surface area (Å²) < 4.78 is 7.94. The molecule has 2 aromatic carbocycles. The zero-order chi connectivity index (χ0) is 20.8. The highest BCUT2D eigenvalue weighted by molar-refractivity contribution is 5.96. The highest BCUT2D eigenvalue weighted by Gasteiger charge is 2.12. The monoisotopic (exact) mass is 399 g/mol. The van der Waals surface area contributed by atoms with Crippen LogP contribution in [-0.2, 0) is 13.0 Å². The van der Waals surface area contributed by atoms with E-state index in [1.165, 1.54) is 5.56 Å². The second-order valence-corrected chi connectivity index (χ2v) is 7.28. The first-order valence-corrected chi connectivity index (χ1v) is 10.2. The number of aryl methyl sites for hydroxylation is 2. The van der Waals surface area contributed by atoms with Crippen LogP contribution in [-0.4, -0.2) is 21.8 Å². The summed E-state index contributed by atoms with van der Waals surface area (Å²) in [6.07, 6.45) is 5.75. The van der Waals surface area contributed by atoms with Gasteiger partial charge in [-0.3, -0.25) is 4.79 Å². The van der Waals surface area contributed by atoms with E-state index in [4.69, 9.17) is 4.74 Å². The number of benzene rings is 2. The number of carbonyl (C=O) groups excluding carboxylic acids is 1. The van der Waals surface area contributed by atoms with Gasteiger partial charge < -0.3 is 14.5 Å². The number of fused-ring (bicyclic) bond motifs is 1. The lowest BCUT2D eigenvalue weighted by molar-refractivity contribution is 0.0948. The molecule has 0 unspecified atom stereocenters. The van der Waals surface area contributed by atoms with Crippen LogP contribution < -0.4 is 10.1 Å². The van der Waals surface area contributed by atoms with E-state index in [0.717, 1.165) is 29.7 Å². The van der Waals surface area contributed by atoms with Gasteiger partial charge in [0.2, 0.25) is 0 Å². The lowest BCUT2D eigenvalue weighted by atomic mass is 10.1. The van der Waals surface area contributed by atoms with Gasteiger partial charge in [0.25, 0.3) is 5.91 Å². The standard InChI is InChI=1S/C25H25N3O2/c1-19-9-8-16-28-17-21(27-24(19)28)18-30-23-14-6-5-13-22(23)25(29)26-15-7-12-20-10-3-2-4-11-20/h2-6,8-11,13-14,16-17H,7,12,15,18H2,1H3,(H,26,29). The van der Waals surface area contributed by atoms with Crippen LogP contribution in [0.2, 0.25) is 0 Å². The number of carbonyl (C=O) groups is 1. The van der Waals surface area contributed by atoms with Crippen LogP contribution in [0.15, 0.2) is 79.1 Å². The van der Waals surface area contributed by atoms with E-state index in [9.17, 15) is 4.79 Å². The molecule has 2 heterocycles. The number of nitrogens with zero attached hydrogens (tertiary/aromatic N) is 2. The van der Waals surface area contributed by atoms with Crippen LogP contribution in [0.1, 0.15) is 33.6 Å². The van der Waals surface area contributed by atoms with Crippen molar-refractivity contribution in [2.45, 2.75) is 26.4 Å². The molecule has 1 amide bonds. The zero-order valence-corrected chi connectivity index (χ0v) is 17.0. The molecule has 30 heavy (non-hydrogen) atoms. The van der Waals surface area contributed by atoms with Gasteiger partial charge in [0.1, 0.15) is 18.0 Å². The van der Waals surface area contributed by atoms with Gasteiger partial charge in [-0.1, -0.05) is 48.5 Å². The van der Waals surface area contributed by atoms with Crippen molar-refractivity contribution >= 4 is 11.6 Å². The second-order valence-electron chi connectivity index (χ2n) is 7.28. The first-order chi connectivity index (χ1) is 14.7. The Morgan fingerprint density at radius 1 is 1.03 bits per heavy atom. The van der Waals surface area contributed by atoms with Gasteiger partial charge in [-0.15, -0.1) is 0 Å². The second kappa shape index (κ2) is 9.27. The highest BCUT2D eigenvalue weighted by atomic mass is 16.5. The number of imidazole rings is 1. The summed E-state index contributed by atoms with van der Waals surface area (Å²) in [6, 6.07) is 21.6. The minimum atomic E-state index is -0.121. The van der Waals surface area contributed by atoms with E-state index in [1.54, 1.807) is 6.07 Å². The minimum Gasteiger partial charge on any atom is -0.486 e. The Labute approximate surface area is 176 Å². The van der Waals surface area contributed by atoms with E-state index < -0.39 is 0 Å². The van der Waals surface area contributed by atoms with Crippen LogP contribution in [0.25, 0.3) is 5.65 Å². The molecule has 5 heteroatoms. The molecule has 0 saturated heterocycles. The summed E-state index contributed by atoms with van der Waals surface area (Å²) in [7, 11) is 0. The van der Waals surface area contributed by atoms with Crippen molar-refractivity contribution in [1.82, 2.24) is 14.7 Å². The highest BCUT2D eigenvalue weighted by Crippen LogP contribution is 2.20. The van der Waals surface area contributed by atoms with E-state index in [0.29, 0.717) is 24.5 Å². The van der Waals surface area contributed by atoms with E-state index in [2.05, 4.69) is 22.4 Å². The van der Waals surface area contributed by atoms with E-state index in [1.807, 2.05) is 72.2 Å². The fraction of sp³-hybridized carbons (Fsp3) is 0.200. The van der Waals surface area contributed by atoms with Gasteiger partial charge in [-0.2, -0.15) is 0 Å². The third-order valence-corrected chi connectivity index (χ3v) is 5.01. The molecule has 4 rings (SSSR count). The third-order valence-electron chi connectivity index (χ3n) is 5.01. The first-order valence-electron chi connectivity index (χ1n) is 10.2. The predicted octanol–water partition coefficient (Wildman–Crippen LogP) is 4.58. The van der Waals surface area contributed by atoms with E-state index >= 15 is 0 Å². The first kappa shape index (κ1) is 19.7. The number of amides is 1. The average molecular weight is 399 g/mol. The molecule has 0 fully saturated rings. The quantitative estimate of drug-likeness (QED) is 0.441. The Kier molecular flexibility index (Phi) is 6.09. The van der Waals surface area contributed by atoms with Gasteiger partial charge in [-0.25, -0.2) is 4.98 Å². The molecular weight excluding hydrogens is 374 g/mol. The predicted molar refractivity (Wildman–Crippen MR) is 118 cm³/mol. The van der Waals surface area contributed by atoms with Crippen molar-refractivity contribution in [1.29, 1.82) is 0 Å². The van der Waals surface area contributed by atoms with Gasteiger partial charge in [0.15, 0.2) is 0 Å². The Balaban J connectivity index is 1.35. The molecular formula is C25H25N3O2. The molecule has 0 aliphatic rings. The number of hydrogen-bond acceptors (Lipinski definition) is 3. The molecule has 4 aromatic rings. The SMILES string of the molecule is Cc1cccn2cc(COc3ccccc3C(=O)NCCCc3ccccc3)nc12. The van der Waals surface area contributed by atoms with Crippen LogP contribution in [0.5, 0.6) is 5.75 Å². The number of aromatic nitrogens is 2. The lowest BCUT2D eigenvalue weighted by Crippen LogP contribution is -2.25. The molecule has 0 saturated carbocycles. The number of para-hydroxylation sites is 1. The van der Waals surface area contributed by atoms with Crippen molar-refractivity contribution in [3.63, 3.8) is 0 Å². The molecule has 2 aromatic heterocycles. The number of nitrogens with one attached hydrogen (secondary N) is 1. The average Bonchev–Trinajstić information content (AvgIpc) is 3.21. The van der Waals surface area contributed by atoms with Gasteiger partial charge in [0.05, 0.1) is 11.3 Å². The summed E-state index contributed by atoms with van der Waals surface area (Å²) in [6.45, 7) is 2.96. The summed E-state index contributed by atoms with van der Waals surface area (Å²) in [4.78, 5) is 17.3. The van der Waals surface area contributed by atoms with Crippen molar-refractivity contribution in [3.8, 4) is 5.75 Å². The van der Waals surface area contributed by atoms with Gasteiger partial charge in [-0.05, 0) is 49.1 Å². The third kappa shape index (κ3) is 4.69. The number of rotatable bonds is 8. The van der Waals surface area contributed by atoms with Crippen LogP contribution >= 0.6 is 0 Å². The fourth-order valence-electron chi connectivity index (χ4n) is 3.44. The van der Waals surface area contributed by atoms with Crippen LogP contribution in [0.4, 0.5) is 0 Å². The number of ether oxygens (including phenoxy) is 1. The van der Waals surface area contributed by atoms with Crippen molar-refractivity contribution in [3.05, 3.63) is 102 Å². The normalized spacial score (nSPS) is 10.8. The minimum absolute atomic E-state index is 0.121. The Hall–Kier alpha value is -3.60. The van der Waals surface area contributed by atoms with Crippen molar-refractivity contribution < 1.29 is 9.53 Å². The maximum atomic E-state index is 12.7. The molecule has 0 aliphatic carbocycles. The Bertz CT molecular complexity index is 1140. The number of pyridine rings is 1. The summed E-state index contributed by atoms with van der Waals surface area (Å²) in [5.41, 5.74) is 4.66. The molecule has 152 valence electrons. The Morgan fingerprint density at radius 3 is 2.67 bits per heavy atom. The summed E-state index contributed by atoms with van der Waals surface area (Å²) in [5.74, 6) is 0.441. The molecule has 5 nitrogen and oxygen atoms in total. The molecule has 1 N–H and O–H groups in total. The van der Waals surface area contributed by atoms with Crippen LogP contribution in [0, 0.1) is 6.92 Å². The van der Waals surface area contributed by atoms with E-state index in [-0.39, 0.29) is 5.91 Å². The molecule has 0 aliphatic heterocycles. The molecule has 0 bridgehead atoms.